The highest BCUT2D eigenvalue weighted by molar-refractivity contribution is 5.93. The van der Waals surface area contributed by atoms with E-state index in [1.807, 2.05) is 54.6 Å². The number of furan rings is 1. The molecular weight excluding hydrogens is 290 g/mol. The van der Waals surface area contributed by atoms with Crippen LogP contribution in [0.5, 0.6) is 5.75 Å². The third-order valence-electron chi connectivity index (χ3n) is 3.48. The van der Waals surface area contributed by atoms with Gasteiger partial charge in [0.05, 0.1) is 11.8 Å². The Morgan fingerprint density at radius 3 is 2.43 bits per heavy atom. The topological polar surface area (TPSA) is 51.5 Å². The number of carbonyl (C=O) groups excluding carboxylic acids is 1. The third kappa shape index (κ3) is 4.01. The van der Waals surface area contributed by atoms with Crippen molar-refractivity contribution in [1.82, 2.24) is 5.32 Å². The molecule has 0 bridgehead atoms. The van der Waals surface area contributed by atoms with Crippen LogP contribution >= 0.6 is 0 Å². The SMILES string of the molecule is O=C(NCc1ccccc1COc1ccccc1)c1ccoc1. The van der Waals surface area contributed by atoms with Gasteiger partial charge in [-0.05, 0) is 29.3 Å². The maximum atomic E-state index is 12.0. The Morgan fingerprint density at radius 2 is 1.70 bits per heavy atom. The highest BCUT2D eigenvalue weighted by Gasteiger charge is 2.08. The van der Waals surface area contributed by atoms with Crippen molar-refractivity contribution in [2.24, 2.45) is 0 Å². The highest BCUT2D eigenvalue weighted by Crippen LogP contribution is 2.15. The summed E-state index contributed by atoms with van der Waals surface area (Å²) in [6, 6.07) is 19.2. The summed E-state index contributed by atoms with van der Waals surface area (Å²) >= 11 is 0. The van der Waals surface area contributed by atoms with Crippen molar-refractivity contribution in [2.45, 2.75) is 13.2 Å². The van der Waals surface area contributed by atoms with Crippen LogP contribution in [0, 0.1) is 0 Å². The molecule has 1 amide bonds. The Morgan fingerprint density at radius 1 is 0.957 bits per heavy atom. The van der Waals surface area contributed by atoms with E-state index in [0.717, 1.165) is 16.9 Å². The molecule has 0 spiro atoms. The van der Waals surface area contributed by atoms with Gasteiger partial charge >= 0.3 is 0 Å². The second-order valence-electron chi connectivity index (χ2n) is 5.07. The van der Waals surface area contributed by atoms with Crippen molar-refractivity contribution >= 4 is 5.91 Å². The van der Waals surface area contributed by atoms with Crippen LogP contribution in [0.25, 0.3) is 0 Å². The van der Waals surface area contributed by atoms with Crippen molar-refractivity contribution in [3.8, 4) is 5.75 Å². The van der Waals surface area contributed by atoms with E-state index < -0.39 is 0 Å². The average Bonchev–Trinajstić information content (AvgIpc) is 3.14. The van der Waals surface area contributed by atoms with Gasteiger partial charge in [0.25, 0.3) is 5.91 Å². The van der Waals surface area contributed by atoms with Gasteiger partial charge in [0.1, 0.15) is 18.6 Å². The molecule has 4 heteroatoms. The second-order valence-corrected chi connectivity index (χ2v) is 5.07. The average molecular weight is 307 g/mol. The number of carbonyl (C=O) groups is 1. The molecule has 0 fully saturated rings. The normalized spacial score (nSPS) is 10.3. The predicted molar refractivity (Wildman–Crippen MR) is 87.1 cm³/mol. The number of amides is 1. The first-order chi connectivity index (χ1) is 11.3. The van der Waals surface area contributed by atoms with Crippen molar-refractivity contribution in [2.75, 3.05) is 0 Å². The molecule has 0 aliphatic carbocycles. The summed E-state index contributed by atoms with van der Waals surface area (Å²) in [6.45, 7) is 0.903. The molecule has 4 nitrogen and oxygen atoms in total. The summed E-state index contributed by atoms with van der Waals surface area (Å²) in [7, 11) is 0. The molecule has 0 unspecified atom stereocenters. The van der Waals surface area contributed by atoms with Crippen LogP contribution in [0.1, 0.15) is 21.5 Å². The van der Waals surface area contributed by atoms with E-state index in [1.165, 1.54) is 12.5 Å². The lowest BCUT2D eigenvalue weighted by Gasteiger charge is -2.11. The summed E-state index contributed by atoms with van der Waals surface area (Å²) in [5.41, 5.74) is 2.59. The number of rotatable bonds is 6. The lowest BCUT2D eigenvalue weighted by molar-refractivity contribution is 0.0950. The first-order valence-electron chi connectivity index (χ1n) is 7.38. The summed E-state index contributed by atoms with van der Waals surface area (Å²) in [6.07, 6.45) is 2.91. The van der Waals surface area contributed by atoms with Crippen LogP contribution in [-0.4, -0.2) is 5.91 Å². The molecule has 0 saturated carbocycles. The van der Waals surface area contributed by atoms with E-state index in [-0.39, 0.29) is 5.91 Å². The van der Waals surface area contributed by atoms with E-state index in [9.17, 15) is 4.79 Å². The Hall–Kier alpha value is -3.01. The summed E-state index contributed by atoms with van der Waals surface area (Å²) in [4.78, 5) is 12.0. The molecule has 0 aliphatic rings. The van der Waals surface area contributed by atoms with Crippen LogP contribution in [0.4, 0.5) is 0 Å². The Balaban J connectivity index is 1.62. The molecule has 1 heterocycles. The van der Waals surface area contributed by atoms with Gasteiger partial charge in [0.15, 0.2) is 0 Å². The molecule has 0 radical (unpaired) electrons. The van der Waals surface area contributed by atoms with E-state index in [2.05, 4.69) is 5.32 Å². The summed E-state index contributed by atoms with van der Waals surface area (Å²) < 4.78 is 10.7. The molecule has 1 N–H and O–H groups in total. The molecule has 3 rings (SSSR count). The standard InChI is InChI=1S/C19H17NO3/c21-19(17-10-11-22-13-17)20-12-15-6-4-5-7-16(15)14-23-18-8-2-1-3-9-18/h1-11,13H,12,14H2,(H,20,21). The number of hydrogen-bond acceptors (Lipinski definition) is 3. The predicted octanol–water partition coefficient (Wildman–Crippen LogP) is 3.79. The molecule has 116 valence electrons. The van der Waals surface area contributed by atoms with Gasteiger partial charge in [-0.1, -0.05) is 42.5 Å². The van der Waals surface area contributed by atoms with Gasteiger partial charge in [-0.3, -0.25) is 4.79 Å². The van der Waals surface area contributed by atoms with E-state index in [1.54, 1.807) is 6.07 Å². The number of nitrogens with one attached hydrogen (secondary N) is 1. The van der Waals surface area contributed by atoms with Crippen LogP contribution in [0.3, 0.4) is 0 Å². The smallest absolute Gasteiger partial charge is 0.254 e. The van der Waals surface area contributed by atoms with Gasteiger partial charge in [-0.2, -0.15) is 0 Å². The van der Waals surface area contributed by atoms with Gasteiger partial charge in [-0.25, -0.2) is 0 Å². The maximum absolute atomic E-state index is 12.0. The Labute approximate surface area is 134 Å². The minimum Gasteiger partial charge on any atom is -0.489 e. The van der Waals surface area contributed by atoms with Crippen LogP contribution in [0.15, 0.2) is 77.6 Å². The van der Waals surface area contributed by atoms with Gasteiger partial charge in [0, 0.05) is 6.54 Å². The molecule has 3 aromatic rings. The number of hydrogen-bond donors (Lipinski definition) is 1. The van der Waals surface area contributed by atoms with E-state index >= 15 is 0 Å². The molecule has 1 aromatic heterocycles. The molecule has 0 saturated heterocycles. The fourth-order valence-corrected chi connectivity index (χ4v) is 2.22. The van der Waals surface area contributed by atoms with Crippen LogP contribution in [0.2, 0.25) is 0 Å². The molecular formula is C19H17NO3. The van der Waals surface area contributed by atoms with Crippen molar-refractivity contribution in [1.29, 1.82) is 0 Å². The third-order valence-corrected chi connectivity index (χ3v) is 3.48. The molecule has 2 aromatic carbocycles. The highest BCUT2D eigenvalue weighted by atomic mass is 16.5. The van der Waals surface area contributed by atoms with Gasteiger partial charge in [-0.15, -0.1) is 0 Å². The number of para-hydroxylation sites is 1. The van der Waals surface area contributed by atoms with Crippen LogP contribution < -0.4 is 10.1 Å². The monoisotopic (exact) mass is 307 g/mol. The number of benzene rings is 2. The first-order valence-corrected chi connectivity index (χ1v) is 7.38. The summed E-state index contributed by atoms with van der Waals surface area (Å²) in [5.74, 6) is 0.669. The largest absolute Gasteiger partial charge is 0.489 e. The van der Waals surface area contributed by atoms with Crippen molar-refractivity contribution < 1.29 is 13.9 Å². The zero-order valence-corrected chi connectivity index (χ0v) is 12.6. The quantitative estimate of drug-likeness (QED) is 0.754. The van der Waals surface area contributed by atoms with Gasteiger partial charge < -0.3 is 14.5 Å². The lowest BCUT2D eigenvalue weighted by atomic mass is 10.1. The van der Waals surface area contributed by atoms with Crippen molar-refractivity contribution in [3.63, 3.8) is 0 Å². The fraction of sp³-hybridized carbons (Fsp3) is 0.105. The van der Waals surface area contributed by atoms with Crippen LogP contribution in [-0.2, 0) is 13.2 Å². The molecule has 23 heavy (non-hydrogen) atoms. The van der Waals surface area contributed by atoms with E-state index in [4.69, 9.17) is 9.15 Å². The fourth-order valence-electron chi connectivity index (χ4n) is 2.22. The lowest BCUT2D eigenvalue weighted by Crippen LogP contribution is -2.23. The Bertz CT molecular complexity index is 751. The molecule has 0 aliphatic heterocycles. The second kappa shape index (κ2) is 7.31. The van der Waals surface area contributed by atoms with Gasteiger partial charge in [0.2, 0.25) is 0 Å². The zero-order chi connectivity index (χ0) is 15.9. The zero-order valence-electron chi connectivity index (χ0n) is 12.6. The first kappa shape index (κ1) is 14.9. The van der Waals surface area contributed by atoms with E-state index in [0.29, 0.717) is 18.7 Å². The maximum Gasteiger partial charge on any atom is 0.254 e. The minimum atomic E-state index is -0.155. The summed E-state index contributed by atoms with van der Waals surface area (Å²) in [5, 5.41) is 2.89. The number of ether oxygens (including phenoxy) is 1. The van der Waals surface area contributed by atoms with Crippen molar-refractivity contribution in [3.05, 3.63) is 89.9 Å². The molecule has 0 atom stereocenters. The minimum absolute atomic E-state index is 0.155. The Kier molecular flexibility index (Phi) is 4.74.